The first kappa shape index (κ1) is 11.0. The monoisotopic (exact) mass is 223 g/mol. The van der Waals surface area contributed by atoms with Gasteiger partial charge in [-0.2, -0.15) is 0 Å². The van der Waals surface area contributed by atoms with Crippen molar-refractivity contribution in [2.75, 3.05) is 13.1 Å². The molecule has 1 saturated heterocycles. The van der Waals surface area contributed by atoms with Crippen LogP contribution in [-0.4, -0.2) is 18.0 Å². The SMILES string of the molecule is ClCc1ccc(CN2CCCCC2)cc1. The molecule has 1 nitrogen and oxygen atoms in total. The van der Waals surface area contributed by atoms with Crippen molar-refractivity contribution >= 4 is 11.6 Å². The normalized spacial score (nSPS) is 17.9. The van der Waals surface area contributed by atoms with Crippen LogP contribution in [-0.2, 0) is 12.4 Å². The summed E-state index contributed by atoms with van der Waals surface area (Å²) in [5.41, 5.74) is 2.62. The summed E-state index contributed by atoms with van der Waals surface area (Å²) in [6, 6.07) is 8.66. The van der Waals surface area contributed by atoms with Crippen molar-refractivity contribution in [2.24, 2.45) is 0 Å². The number of alkyl halides is 1. The maximum atomic E-state index is 5.76. The average Bonchev–Trinajstić information content (AvgIpc) is 2.31. The Morgan fingerprint density at radius 2 is 1.53 bits per heavy atom. The molecule has 1 aromatic rings. The predicted octanol–water partition coefficient (Wildman–Crippen LogP) is 3.41. The lowest BCUT2D eigenvalue weighted by molar-refractivity contribution is 0.221. The molecule has 1 aliphatic heterocycles. The van der Waals surface area contributed by atoms with E-state index in [2.05, 4.69) is 29.2 Å². The second-order valence-electron chi connectivity index (χ2n) is 4.29. The minimum atomic E-state index is 0.615. The van der Waals surface area contributed by atoms with E-state index in [1.807, 2.05) is 0 Å². The first-order valence-electron chi connectivity index (χ1n) is 5.74. The zero-order valence-corrected chi connectivity index (χ0v) is 9.84. The number of hydrogen-bond donors (Lipinski definition) is 0. The van der Waals surface area contributed by atoms with Gasteiger partial charge in [-0.3, -0.25) is 4.90 Å². The number of rotatable bonds is 3. The van der Waals surface area contributed by atoms with Gasteiger partial charge in [-0.15, -0.1) is 11.6 Å². The van der Waals surface area contributed by atoms with Gasteiger partial charge in [0.05, 0.1) is 0 Å². The molecule has 1 aromatic carbocycles. The van der Waals surface area contributed by atoms with Crippen LogP contribution in [0.3, 0.4) is 0 Å². The molecule has 15 heavy (non-hydrogen) atoms. The summed E-state index contributed by atoms with van der Waals surface area (Å²) in [5.74, 6) is 0.615. The van der Waals surface area contributed by atoms with Gasteiger partial charge >= 0.3 is 0 Å². The first-order valence-corrected chi connectivity index (χ1v) is 6.28. The van der Waals surface area contributed by atoms with Crippen LogP contribution in [0.2, 0.25) is 0 Å². The van der Waals surface area contributed by atoms with Gasteiger partial charge in [-0.05, 0) is 37.1 Å². The molecule has 2 rings (SSSR count). The van der Waals surface area contributed by atoms with Gasteiger partial charge in [-0.1, -0.05) is 30.7 Å². The summed E-state index contributed by atoms with van der Waals surface area (Å²) in [5, 5.41) is 0. The van der Waals surface area contributed by atoms with Crippen molar-refractivity contribution in [2.45, 2.75) is 31.7 Å². The molecule has 0 saturated carbocycles. The highest BCUT2D eigenvalue weighted by molar-refractivity contribution is 6.17. The molecule has 0 amide bonds. The van der Waals surface area contributed by atoms with E-state index >= 15 is 0 Å². The molecule has 0 unspecified atom stereocenters. The standard InChI is InChI=1S/C13H18ClN/c14-10-12-4-6-13(7-5-12)11-15-8-2-1-3-9-15/h4-7H,1-3,8-11H2. The predicted molar refractivity (Wildman–Crippen MR) is 65.1 cm³/mol. The van der Waals surface area contributed by atoms with Crippen molar-refractivity contribution < 1.29 is 0 Å². The smallest absolute Gasteiger partial charge is 0.0474 e. The number of nitrogens with zero attached hydrogens (tertiary/aromatic N) is 1. The van der Waals surface area contributed by atoms with E-state index < -0.39 is 0 Å². The fourth-order valence-electron chi connectivity index (χ4n) is 2.11. The van der Waals surface area contributed by atoms with Gasteiger partial charge in [0.1, 0.15) is 0 Å². The zero-order chi connectivity index (χ0) is 10.5. The summed E-state index contributed by atoms with van der Waals surface area (Å²) < 4.78 is 0. The van der Waals surface area contributed by atoms with E-state index in [1.54, 1.807) is 0 Å². The summed E-state index contributed by atoms with van der Waals surface area (Å²) >= 11 is 5.76. The molecular formula is C13H18ClN. The van der Waals surface area contributed by atoms with E-state index in [1.165, 1.54) is 43.5 Å². The maximum absolute atomic E-state index is 5.76. The third-order valence-electron chi connectivity index (χ3n) is 3.03. The van der Waals surface area contributed by atoms with Crippen molar-refractivity contribution in [3.63, 3.8) is 0 Å². The fourth-order valence-corrected chi connectivity index (χ4v) is 2.29. The largest absolute Gasteiger partial charge is 0.299 e. The second-order valence-corrected chi connectivity index (χ2v) is 4.55. The van der Waals surface area contributed by atoms with E-state index in [9.17, 15) is 0 Å². The quantitative estimate of drug-likeness (QED) is 0.710. The summed E-state index contributed by atoms with van der Waals surface area (Å²) in [7, 11) is 0. The van der Waals surface area contributed by atoms with Crippen LogP contribution in [0.4, 0.5) is 0 Å². The van der Waals surface area contributed by atoms with Gasteiger partial charge in [0.25, 0.3) is 0 Å². The van der Waals surface area contributed by atoms with E-state index in [0.29, 0.717) is 5.88 Å². The summed E-state index contributed by atoms with van der Waals surface area (Å²) in [6.45, 7) is 3.62. The summed E-state index contributed by atoms with van der Waals surface area (Å²) in [4.78, 5) is 2.54. The molecule has 0 aromatic heterocycles. The Morgan fingerprint density at radius 1 is 0.933 bits per heavy atom. The number of piperidine rings is 1. The molecule has 0 spiro atoms. The minimum absolute atomic E-state index is 0.615. The van der Waals surface area contributed by atoms with Gasteiger partial charge in [0, 0.05) is 12.4 Å². The lowest BCUT2D eigenvalue weighted by Gasteiger charge is -2.26. The number of halogens is 1. The van der Waals surface area contributed by atoms with Crippen LogP contribution < -0.4 is 0 Å². The molecule has 0 N–H and O–H groups in total. The average molecular weight is 224 g/mol. The van der Waals surface area contributed by atoms with Gasteiger partial charge < -0.3 is 0 Å². The van der Waals surface area contributed by atoms with E-state index in [4.69, 9.17) is 11.6 Å². The Hall–Kier alpha value is -0.530. The van der Waals surface area contributed by atoms with Gasteiger partial charge in [-0.25, -0.2) is 0 Å². The second kappa shape index (κ2) is 5.53. The minimum Gasteiger partial charge on any atom is -0.299 e. The number of likely N-dealkylation sites (tertiary alicyclic amines) is 1. The van der Waals surface area contributed by atoms with Crippen LogP contribution in [0.1, 0.15) is 30.4 Å². The van der Waals surface area contributed by atoms with Crippen molar-refractivity contribution in [1.82, 2.24) is 4.90 Å². The van der Waals surface area contributed by atoms with Crippen molar-refractivity contribution in [3.8, 4) is 0 Å². The van der Waals surface area contributed by atoms with Gasteiger partial charge in [0.15, 0.2) is 0 Å². The Morgan fingerprint density at radius 3 is 2.13 bits per heavy atom. The van der Waals surface area contributed by atoms with Crippen LogP contribution in [0.5, 0.6) is 0 Å². The highest BCUT2D eigenvalue weighted by atomic mass is 35.5. The van der Waals surface area contributed by atoms with Crippen molar-refractivity contribution in [1.29, 1.82) is 0 Å². The molecule has 1 fully saturated rings. The Kier molecular flexibility index (Phi) is 4.04. The maximum Gasteiger partial charge on any atom is 0.0474 e. The summed E-state index contributed by atoms with van der Waals surface area (Å²) in [6.07, 6.45) is 4.13. The molecule has 1 heterocycles. The highest BCUT2D eigenvalue weighted by Gasteiger charge is 2.09. The zero-order valence-electron chi connectivity index (χ0n) is 9.08. The Labute approximate surface area is 97.0 Å². The molecule has 1 aliphatic rings. The topological polar surface area (TPSA) is 3.24 Å². The van der Waals surface area contributed by atoms with Crippen molar-refractivity contribution in [3.05, 3.63) is 35.4 Å². The van der Waals surface area contributed by atoms with E-state index in [-0.39, 0.29) is 0 Å². The molecule has 2 heteroatoms. The number of benzene rings is 1. The van der Waals surface area contributed by atoms with Crippen LogP contribution in [0, 0.1) is 0 Å². The first-order chi connectivity index (χ1) is 7.38. The van der Waals surface area contributed by atoms with Crippen LogP contribution >= 0.6 is 11.6 Å². The Balaban J connectivity index is 1.91. The molecule has 82 valence electrons. The van der Waals surface area contributed by atoms with E-state index in [0.717, 1.165) is 6.54 Å². The number of hydrogen-bond acceptors (Lipinski definition) is 1. The van der Waals surface area contributed by atoms with Crippen LogP contribution in [0.15, 0.2) is 24.3 Å². The molecule has 0 bridgehead atoms. The van der Waals surface area contributed by atoms with Gasteiger partial charge in [0.2, 0.25) is 0 Å². The lowest BCUT2D eigenvalue weighted by Crippen LogP contribution is -2.29. The molecule has 0 atom stereocenters. The third-order valence-corrected chi connectivity index (χ3v) is 3.34. The lowest BCUT2D eigenvalue weighted by atomic mass is 10.1. The molecular weight excluding hydrogens is 206 g/mol. The third kappa shape index (κ3) is 3.22. The molecule has 0 radical (unpaired) electrons. The Bertz CT molecular complexity index is 288. The fraction of sp³-hybridized carbons (Fsp3) is 0.538. The highest BCUT2D eigenvalue weighted by Crippen LogP contribution is 2.14. The molecule has 0 aliphatic carbocycles. The van der Waals surface area contributed by atoms with Crippen LogP contribution in [0.25, 0.3) is 0 Å².